The van der Waals surface area contributed by atoms with Crippen LogP contribution in [0.5, 0.6) is 0 Å². The highest BCUT2D eigenvalue weighted by atomic mass is 35.5. The number of Topliss-reactive ketones (excluding diaryl/α,β-unsaturated/α-hetero) is 1. The molecule has 2 rings (SSSR count). The number of nitrogens with zero attached hydrogens (tertiary/aromatic N) is 1. The summed E-state index contributed by atoms with van der Waals surface area (Å²) in [6.45, 7) is 0. The zero-order valence-corrected chi connectivity index (χ0v) is 12.9. The lowest BCUT2D eigenvalue weighted by atomic mass is 9.97. The Hall–Kier alpha value is -1.17. The van der Waals surface area contributed by atoms with Gasteiger partial charge in [-0.3, -0.25) is 10.2 Å². The Morgan fingerprint density at radius 1 is 1.25 bits per heavy atom. The summed E-state index contributed by atoms with van der Waals surface area (Å²) in [6.07, 6.45) is 2.73. The van der Waals surface area contributed by atoms with Gasteiger partial charge in [0.2, 0.25) is 0 Å². The van der Waals surface area contributed by atoms with Crippen LogP contribution in [0.2, 0.25) is 10.0 Å². The van der Waals surface area contributed by atoms with Crippen molar-refractivity contribution in [2.75, 3.05) is 5.32 Å². The Kier molecular flexibility index (Phi) is 5.34. The molecule has 1 saturated carbocycles. The van der Waals surface area contributed by atoms with E-state index in [0.717, 1.165) is 24.2 Å². The number of benzene rings is 1. The summed E-state index contributed by atoms with van der Waals surface area (Å²) in [5.41, 5.74) is 4.29. The third kappa shape index (κ3) is 4.44. The van der Waals surface area contributed by atoms with Crippen molar-refractivity contribution in [2.45, 2.75) is 25.7 Å². The normalized spacial score (nSPS) is 17.1. The lowest BCUT2D eigenvalue weighted by Crippen LogP contribution is -2.26. The van der Waals surface area contributed by atoms with E-state index >= 15 is 0 Å². The second-order valence-electron chi connectivity index (χ2n) is 4.44. The molecule has 1 fully saturated rings. The van der Waals surface area contributed by atoms with Gasteiger partial charge >= 0.3 is 0 Å². The molecular weight excluding hydrogens is 317 g/mol. The highest BCUT2D eigenvalue weighted by molar-refractivity contribution is 7.80. The Bertz CT molecular complexity index is 575. The van der Waals surface area contributed by atoms with Crippen LogP contribution in [0, 0.1) is 0 Å². The smallest absolute Gasteiger partial charge is 0.191 e. The maximum atomic E-state index is 11.3. The van der Waals surface area contributed by atoms with E-state index in [2.05, 4.69) is 15.8 Å². The number of halogens is 2. The van der Waals surface area contributed by atoms with Crippen LogP contribution < -0.4 is 10.7 Å². The number of nitrogens with one attached hydrogen (secondary N) is 2. The van der Waals surface area contributed by atoms with Crippen LogP contribution in [0.25, 0.3) is 0 Å². The topological polar surface area (TPSA) is 53.5 Å². The summed E-state index contributed by atoms with van der Waals surface area (Å²) in [5.74, 6) is 0.222. The van der Waals surface area contributed by atoms with Crippen LogP contribution >= 0.6 is 35.4 Å². The van der Waals surface area contributed by atoms with Crippen molar-refractivity contribution in [1.29, 1.82) is 0 Å². The van der Waals surface area contributed by atoms with Gasteiger partial charge in [0.05, 0.1) is 10.0 Å². The summed E-state index contributed by atoms with van der Waals surface area (Å²) >= 11 is 16.9. The van der Waals surface area contributed by atoms with Crippen LogP contribution in [0.3, 0.4) is 0 Å². The molecule has 7 heteroatoms. The van der Waals surface area contributed by atoms with Crippen LogP contribution in [-0.2, 0) is 4.79 Å². The third-order valence-corrected chi connectivity index (χ3v) is 3.75. The molecule has 2 N–H and O–H groups in total. The van der Waals surface area contributed by atoms with Crippen LogP contribution in [-0.4, -0.2) is 16.6 Å². The lowest BCUT2D eigenvalue weighted by molar-refractivity contribution is -0.118. The number of anilines is 1. The molecule has 20 heavy (non-hydrogen) atoms. The summed E-state index contributed by atoms with van der Waals surface area (Å²) in [4.78, 5) is 11.3. The molecule has 0 saturated heterocycles. The molecule has 0 atom stereocenters. The molecular formula is C13H13Cl2N3OS. The zero-order valence-electron chi connectivity index (χ0n) is 10.6. The van der Waals surface area contributed by atoms with E-state index in [1.54, 1.807) is 18.2 Å². The molecule has 0 unspecified atom stereocenters. The number of rotatable bonds is 2. The molecule has 1 aromatic rings. The molecule has 0 spiro atoms. The largest absolute Gasteiger partial charge is 0.331 e. The maximum Gasteiger partial charge on any atom is 0.191 e. The van der Waals surface area contributed by atoms with Gasteiger partial charge in [0, 0.05) is 24.2 Å². The summed E-state index contributed by atoms with van der Waals surface area (Å²) in [7, 11) is 0. The van der Waals surface area contributed by atoms with Crippen LogP contribution in [0.15, 0.2) is 23.3 Å². The fourth-order valence-electron chi connectivity index (χ4n) is 1.85. The molecule has 4 nitrogen and oxygen atoms in total. The van der Waals surface area contributed by atoms with E-state index in [0.29, 0.717) is 28.0 Å². The third-order valence-electron chi connectivity index (χ3n) is 2.82. The van der Waals surface area contributed by atoms with E-state index in [1.807, 2.05) is 0 Å². The quantitative estimate of drug-likeness (QED) is 0.640. The first-order chi connectivity index (χ1) is 9.54. The lowest BCUT2D eigenvalue weighted by Gasteiger charge is -2.13. The first-order valence-electron chi connectivity index (χ1n) is 6.14. The summed E-state index contributed by atoms with van der Waals surface area (Å²) in [5, 5.41) is 8.37. The monoisotopic (exact) mass is 329 g/mol. The predicted molar refractivity (Wildman–Crippen MR) is 86.7 cm³/mol. The second kappa shape index (κ2) is 7.02. The van der Waals surface area contributed by atoms with Gasteiger partial charge in [0.15, 0.2) is 5.11 Å². The predicted octanol–water partition coefficient (Wildman–Crippen LogP) is 3.78. The molecule has 0 amide bonds. The number of thiocarbonyl (C=S) groups is 1. The highest BCUT2D eigenvalue weighted by Gasteiger charge is 2.14. The molecule has 0 bridgehead atoms. The van der Waals surface area contributed by atoms with Gasteiger partial charge in [-0.05, 0) is 43.3 Å². The highest BCUT2D eigenvalue weighted by Crippen LogP contribution is 2.24. The Morgan fingerprint density at radius 3 is 2.75 bits per heavy atom. The Labute approximate surface area is 132 Å². The molecule has 1 aromatic carbocycles. The zero-order chi connectivity index (χ0) is 14.5. The van der Waals surface area contributed by atoms with Gasteiger partial charge in [0.25, 0.3) is 0 Å². The van der Waals surface area contributed by atoms with Gasteiger partial charge < -0.3 is 5.32 Å². The van der Waals surface area contributed by atoms with E-state index in [4.69, 9.17) is 35.4 Å². The number of hydrazone groups is 1. The minimum Gasteiger partial charge on any atom is -0.331 e. The van der Waals surface area contributed by atoms with Gasteiger partial charge in [-0.2, -0.15) is 5.10 Å². The molecule has 0 radical (unpaired) electrons. The van der Waals surface area contributed by atoms with E-state index in [-0.39, 0.29) is 5.78 Å². The number of hydrogen-bond donors (Lipinski definition) is 2. The van der Waals surface area contributed by atoms with Crippen molar-refractivity contribution in [1.82, 2.24) is 5.43 Å². The van der Waals surface area contributed by atoms with Crippen molar-refractivity contribution in [3.8, 4) is 0 Å². The average Bonchev–Trinajstić information content (AvgIpc) is 2.41. The molecule has 1 aliphatic rings. The Morgan fingerprint density at radius 2 is 2.05 bits per heavy atom. The molecule has 0 aliphatic heterocycles. The standard InChI is InChI=1S/C13H13Cl2N3OS/c14-11-5-4-8(7-12(11)15)16-13(20)18-17-9-2-1-3-10(19)6-9/h4-5,7H,1-3,6H2,(H2,16,18,20). The van der Waals surface area contributed by atoms with Crippen molar-refractivity contribution in [2.24, 2.45) is 5.10 Å². The minimum absolute atomic E-state index is 0.222. The van der Waals surface area contributed by atoms with Crippen LogP contribution in [0.4, 0.5) is 5.69 Å². The molecule has 106 valence electrons. The van der Waals surface area contributed by atoms with Gasteiger partial charge in [-0.25, -0.2) is 0 Å². The number of carbonyl (C=O) groups excluding carboxylic acids is 1. The summed E-state index contributed by atoms with van der Waals surface area (Å²) in [6, 6.07) is 5.12. The van der Waals surface area contributed by atoms with Crippen molar-refractivity contribution in [3.05, 3.63) is 28.2 Å². The van der Waals surface area contributed by atoms with E-state index < -0.39 is 0 Å². The molecule has 0 aromatic heterocycles. The second-order valence-corrected chi connectivity index (χ2v) is 5.66. The van der Waals surface area contributed by atoms with Crippen molar-refractivity contribution < 1.29 is 4.79 Å². The van der Waals surface area contributed by atoms with Gasteiger partial charge in [0.1, 0.15) is 5.78 Å². The minimum atomic E-state index is 0.222. The number of carbonyl (C=O) groups is 1. The number of ketones is 1. The Balaban J connectivity index is 1.90. The number of hydrogen-bond acceptors (Lipinski definition) is 3. The van der Waals surface area contributed by atoms with E-state index in [9.17, 15) is 4.79 Å². The van der Waals surface area contributed by atoms with Gasteiger partial charge in [-0.15, -0.1) is 0 Å². The average molecular weight is 330 g/mol. The maximum absolute atomic E-state index is 11.3. The first-order valence-corrected chi connectivity index (χ1v) is 7.30. The van der Waals surface area contributed by atoms with Gasteiger partial charge in [-0.1, -0.05) is 23.2 Å². The first kappa shape index (κ1) is 15.2. The van der Waals surface area contributed by atoms with E-state index in [1.165, 1.54) is 0 Å². The molecule has 0 heterocycles. The SMILES string of the molecule is O=C1CCCC(=NNC(=S)Nc2ccc(Cl)c(Cl)c2)C1. The molecule has 1 aliphatic carbocycles. The van der Waals surface area contributed by atoms with Crippen molar-refractivity contribution in [3.63, 3.8) is 0 Å². The fourth-order valence-corrected chi connectivity index (χ4v) is 2.31. The summed E-state index contributed by atoms with van der Waals surface area (Å²) < 4.78 is 0. The van der Waals surface area contributed by atoms with Crippen molar-refractivity contribution >= 4 is 57.7 Å². The fraction of sp³-hybridized carbons (Fsp3) is 0.308. The van der Waals surface area contributed by atoms with Crippen LogP contribution in [0.1, 0.15) is 25.7 Å².